The van der Waals surface area contributed by atoms with E-state index in [1.807, 2.05) is 0 Å². The van der Waals surface area contributed by atoms with Crippen molar-refractivity contribution in [1.82, 2.24) is 0 Å². The van der Waals surface area contributed by atoms with Crippen LogP contribution in [0.5, 0.6) is 5.75 Å². The van der Waals surface area contributed by atoms with E-state index in [4.69, 9.17) is 13.9 Å². The number of fused-ring (bicyclic) bond motifs is 3. The van der Waals surface area contributed by atoms with Crippen molar-refractivity contribution in [3.8, 4) is 5.75 Å². The first kappa shape index (κ1) is 18.4. The molecule has 1 aromatic carbocycles. The maximum Gasteiger partial charge on any atom is 0.341 e. The third-order valence-corrected chi connectivity index (χ3v) is 4.87. The minimum absolute atomic E-state index is 0.372. The zero-order chi connectivity index (χ0) is 19.3. The number of hydrogen-bond acceptors (Lipinski definition) is 7. The molecule has 2 heterocycles. The molecule has 0 saturated carbocycles. The van der Waals surface area contributed by atoms with Gasteiger partial charge in [-0.25, -0.2) is 9.59 Å². The van der Waals surface area contributed by atoms with E-state index in [0.29, 0.717) is 17.8 Å². The first-order valence-corrected chi connectivity index (χ1v) is 8.38. The summed E-state index contributed by atoms with van der Waals surface area (Å²) < 4.78 is 16.7. The molecule has 7 heteroatoms. The largest absolute Gasteiger partial charge is 0.485 e. The number of carbonyl (C=O) groups excluding carboxylic acids is 1. The predicted molar refractivity (Wildman–Crippen MR) is 93.1 cm³/mol. The van der Waals surface area contributed by atoms with Crippen molar-refractivity contribution in [3.05, 3.63) is 40.2 Å². The SMILES string of the molecule is C[C@@H](O)[C@@](C)(O)C(=O)OC(C)(C)[C@@H]1Cc2c(ccc3ccc(=O)oc23)O1. The van der Waals surface area contributed by atoms with Gasteiger partial charge >= 0.3 is 11.6 Å². The minimum atomic E-state index is -2.03. The van der Waals surface area contributed by atoms with Gasteiger partial charge in [0.25, 0.3) is 0 Å². The van der Waals surface area contributed by atoms with Crippen molar-refractivity contribution in [2.24, 2.45) is 0 Å². The van der Waals surface area contributed by atoms with Crippen LogP contribution in [0, 0.1) is 0 Å². The lowest BCUT2D eigenvalue weighted by atomic mass is 9.95. The molecule has 1 aliphatic heterocycles. The average molecular weight is 362 g/mol. The van der Waals surface area contributed by atoms with Gasteiger partial charge in [0, 0.05) is 23.4 Å². The van der Waals surface area contributed by atoms with E-state index in [1.165, 1.54) is 19.9 Å². The summed E-state index contributed by atoms with van der Waals surface area (Å²) in [6, 6.07) is 6.60. The molecular weight excluding hydrogens is 340 g/mol. The van der Waals surface area contributed by atoms with E-state index in [9.17, 15) is 19.8 Å². The maximum absolute atomic E-state index is 12.3. The third-order valence-electron chi connectivity index (χ3n) is 4.87. The monoisotopic (exact) mass is 362 g/mol. The smallest absolute Gasteiger partial charge is 0.341 e. The number of rotatable bonds is 4. The van der Waals surface area contributed by atoms with E-state index in [0.717, 1.165) is 10.9 Å². The molecule has 0 unspecified atom stereocenters. The standard InChI is InChI=1S/C19H22O7/c1-10(20)19(4,23)17(22)26-18(2,3)14-9-12-13(24-14)7-5-11-6-8-15(21)25-16(11)12/h5-8,10,14,20,23H,9H2,1-4H3/t10-,14+,19-/m1/s1. The number of ether oxygens (including phenoxy) is 2. The molecule has 0 amide bonds. The Morgan fingerprint density at radius 3 is 2.58 bits per heavy atom. The van der Waals surface area contributed by atoms with Gasteiger partial charge < -0.3 is 24.1 Å². The van der Waals surface area contributed by atoms with Crippen LogP contribution in [0.25, 0.3) is 11.0 Å². The summed E-state index contributed by atoms with van der Waals surface area (Å²) in [5.74, 6) is -0.378. The Morgan fingerprint density at radius 2 is 1.92 bits per heavy atom. The molecule has 0 bridgehead atoms. The number of carbonyl (C=O) groups is 1. The number of benzene rings is 1. The highest BCUT2D eigenvalue weighted by molar-refractivity contribution is 5.83. The van der Waals surface area contributed by atoms with Crippen LogP contribution >= 0.6 is 0 Å². The van der Waals surface area contributed by atoms with Gasteiger partial charge in [0.05, 0.1) is 6.10 Å². The van der Waals surface area contributed by atoms with E-state index in [-0.39, 0.29) is 0 Å². The Morgan fingerprint density at radius 1 is 1.27 bits per heavy atom. The fraction of sp³-hybridized carbons (Fsp3) is 0.474. The lowest BCUT2D eigenvalue weighted by Gasteiger charge is -2.34. The highest BCUT2D eigenvalue weighted by atomic mass is 16.6. The van der Waals surface area contributed by atoms with Crippen molar-refractivity contribution in [1.29, 1.82) is 0 Å². The summed E-state index contributed by atoms with van der Waals surface area (Å²) in [5, 5.41) is 20.4. The van der Waals surface area contributed by atoms with Crippen LogP contribution in [0.4, 0.5) is 0 Å². The Bertz CT molecular complexity index is 908. The molecule has 1 aliphatic rings. The van der Waals surface area contributed by atoms with Crippen molar-refractivity contribution < 1.29 is 28.9 Å². The molecule has 0 radical (unpaired) electrons. The predicted octanol–water partition coefficient (Wildman–Crippen LogP) is 1.55. The summed E-state index contributed by atoms with van der Waals surface area (Å²) in [7, 11) is 0. The second-order valence-electron chi connectivity index (χ2n) is 7.34. The second-order valence-corrected chi connectivity index (χ2v) is 7.34. The first-order chi connectivity index (χ1) is 12.0. The topological polar surface area (TPSA) is 106 Å². The van der Waals surface area contributed by atoms with E-state index >= 15 is 0 Å². The molecule has 0 aliphatic carbocycles. The van der Waals surface area contributed by atoms with Gasteiger partial charge in [-0.15, -0.1) is 0 Å². The molecule has 140 valence electrons. The van der Waals surface area contributed by atoms with Crippen LogP contribution in [0.2, 0.25) is 0 Å². The minimum Gasteiger partial charge on any atom is -0.485 e. The number of hydrogen-bond donors (Lipinski definition) is 2. The summed E-state index contributed by atoms with van der Waals surface area (Å²) >= 11 is 0. The van der Waals surface area contributed by atoms with Gasteiger partial charge in [-0.2, -0.15) is 0 Å². The highest BCUT2D eigenvalue weighted by Crippen LogP contribution is 2.38. The highest BCUT2D eigenvalue weighted by Gasteiger charge is 2.45. The van der Waals surface area contributed by atoms with Crippen LogP contribution in [-0.2, 0) is 16.0 Å². The van der Waals surface area contributed by atoms with Crippen molar-refractivity contribution in [2.75, 3.05) is 0 Å². The van der Waals surface area contributed by atoms with E-state index < -0.39 is 35.0 Å². The molecule has 26 heavy (non-hydrogen) atoms. The molecule has 7 nitrogen and oxygen atoms in total. The average Bonchev–Trinajstić information content (AvgIpc) is 2.99. The quantitative estimate of drug-likeness (QED) is 0.628. The first-order valence-electron chi connectivity index (χ1n) is 8.38. The zero-order valence-electron chi connectivity index (χ0n) is 15.1. The number of esters is 1. The molecule has 0 spiro atoms. The van der Waals surface area contributed by atoms with E-state index in [1.54, 1.807) is 32.0 Å². The van der Waals surface area contributed by atoms with Crippen LogP contribution in [0.15, 0.2) is 33.5 Å². The Labute approximate surface area is 150 Å². The normalized spacial score (nSPS) is 20.2. The Hall–Kier alpha value is -2.38. The molecule has 1 aromatic heterocycles. The van der Waals surface area contributed by atoms with Crippen molar-refractivity contribution in [2.45, 2.75) is 57.5 Å². The van der Waals surface area contributed by atoms with Gasteiger partial charge in [0.2, 0.25) is 0 Å². The molecule has 0 fully saturated rings. The van der Waals surface area contributed by atoms with Crippen LogP contribution in [-0.4, -0.2) is 39.6 Å². The lowest BCUT2D eigenvalue weighted by Crippen LogP contribution is -2.52. The molecule has 3 rings (SSSR count). The van der Waals surface area contributed by atoms with Gasteiger partial charge in [0.1, 0.15) is 23.0 Å². The second kappa shape index (κ2) is 6.10. The fourth-order valence-electron chi connectivity index (χ4n) is 2.82. The fourth-order valence-corrected chi connectivity index (χ4v) is 2.82. The number of aliphatic hydroxyl groups is 2. The molecule has 2 aromatic rings. The van der Waals surface area contributed by atoms with Crippen molar-refractivity contribution in [3.63, 3.8) is 0 Å². The van der Waals surface area contributed by atoms with E-state index in [2.05, 4.69) is 0 Å². The molecular formula is C19H22O7. The Balaban J connectivity index is 1.87. The van der Waals surface area contributed by atoms with Gasteiger partial charge in [-0.3, -0.25) is 0 Å². The summed E-state index contributed by atoms with van der Waals surface area (Å²) in [6.07, 6.45) is -1.45. The van der Waals surface area contributed by atoms with Crippen molar-refractivity contribution >= 4 is 16.9 Å². The zero-order valence-corrected chi connectivity index (χ0v) is 15.1. The molecule has 2 N–H and O–H groups in total. The molecule has 0 saturated heterocycles. The molecule has 3 atom stereocenters. The lowest BCUT2D eigenvalue weighted by molar-refractivity contribution is -0.193. The summed E-state index contributed by atoms with van der Waals surface area (Å²) in [5.41, 5.74) is -2.38. The third kappa shape index (κ3) is 3.08. The maximum atomic E-state index is 12.3. The van der Waals surface area contributed by atoms with Crippen LogP contribution < -0.4 is 10.4 Å². The number of aliphatic hydroxyl groups excluding tert-OH is 1. The van der Waals surface area contributed by atoms with Gasteiger partial charge in [-0.1, -0.05) is 0 Å². The Kier molecular flexibility index (Phi) is 4.32. The van der Waals surface area contributed by atoms with Crippen LogP contribution in [0.1, 0.15) is 33.3 Å². The van der Waals surface area contributed by atoms with Crippen LogP contribution in [0.3, 0.4) is 0 Å². The summed E-state index contributed by atoms with van der Waals surface area (Å²) in [6.45, 7) is 5.84. The summed E-state index contributed by atoms with van der Waals surface area (Å²) in [4.78, 5) is 23.8. The van der Waals surface area contributed by atoms with Gasteiger partial charge in [0.15, 0.2) is 5.60 Å². The van der Waals surface area contributed by atoms with Gasteiger partial charge in [-0.05, 0) is 45.9 Å².